The van der Waals surface area contributed by atoms with Gasteiger partial charge in [0.2, 0.25) is 5.91 Å². The van der Waals surface area contributed by atoms with E-state index in [-0.39, 0.29) is 5.91 Å². The zero-order valence-corrected chi connectivity index (χ0v) is 10.8. The lowest BCUT2D eigenvalue weighted by Gasteiger charge is -2.28. The normalized spacial score (nSPS) is 17.5. The van der Waals surface area contributed by atoms with Crippen molar-refractivity contribution >= 4 is 5.91 Å². The third-order valence-corrected chi connectivity index (χ3v) is 2.97. The molecule has 0 aromatic rings. The van der Waals surface area contributed by atoms with E-state index in [0.717, 1.165) is 13.0 Å². The maximum Gasteiger partial charge on any atom is 0.237 e. The summed E-state index contributed by atoms with van der Waals surface area (Å²) < 4.78 is 0. The molecule has 2 atom stereocenters. The van der Waals surface area contributed by atoms with Gasteiger partial charge in [-0.05, 0) is 38.1 Å². The average molecular weight is 214 g/mol. The van der Waals surface area contributed by atoms with Crippen molar-refractivity contribution in [3.8, 4) is 0 Å². The van der Waals surface area contributed by atoms with Crippen molar-refractivity contribution in [3.05, 3.63) is 0 Å². The molecule has 1 amide bonds. The van der Waals surface area contributed by atoms with Gasteiger partial charge in [0, 0.05) is 0 Å². The lowest BCUT2D eigenvalue weighted by Crippen LogP contribution is -2.53. The lowest BCUT2D eigenvalue weighted by molar-refractivity contribution is -0.124. The van der Waals surface area contributed by atoms with E-state index in [9.17, 15) is 4.79 Å². The molecule has 0 aliphatic heterocycles. The maximum absolute atomic E-state index is 11.2. The molecule has 0 radical (unpaired) electrons. The van der Waals surface area contributed by atoms with Crippen molar-refractivity contribution < 1.29 is 4.79 Å². The van der Waals surface area contributed by atoms with Crippen molar-refractivity contribution in [2.45, 2.75) is 53.0 Å². The van der Waals surface area contributed by atoms with Gasteiger partial charge >= 0.3 is 0 Å². The summed E-state index contributed by atoms with van der Waals surface area (Å²) in [6, 6.07) is 0. The Hall–Kier alpha value is -0.570. The van der Waals surface area contributed by atoms with Crippen molar-refractivity contribution in [2.75, 3.05) is 6.54 Å². The number of hydrogen-bond donors (Lipinski definition) is 2. The maximum atomic E-state index is 11.2. The molecule has 90 valence electrons. The third kappa shape index (κ3) is 5.17. The fourth-order valence-corrected chi connectivity index (χ4v) is 1.67. The van der Waals surface area contributed by atoms with Crippen molar-refractivity contribution in [3.63, 3.8) is 0 Å². The van der Waals surface area contributed by atoms with Gasteiger partial charge in [-0.3, -0.25) is 4.79 Å². The van der Waals surface area contributed by atoms with E-state index < -0.39 is 5.54 Å². The van der Waals surface area contributed by atoms with Crippen LogP contribution >= 0.6 is 0 Å². The van der Waals surface area contributed by atoms with Crippen LogP contribution in [0.4, 0.5) is 0 Å². The highest BCUT2D eigenvalue weighted by Crippen LogP contribution is 2.13. The zero-order valence-electron chi connectivity index (χ0n) is 10.8. The molecule has 0 saturated carbocycles. The van der Waals surface area contributed by atoms with Gasteiger partial charge in [-0.25, -0.2) is 0 Å². The van der Waals surface area contributed by atoms with Crippen LogP contribution in [0.2, 0.25) is 0 Å². The smallest absolute Gasteiger partial charge is 0.237 e. The van der Waals surface area contributed by atoms with Gasteiger partial charge in [0.05, 0.1) is 5.54 Å². The molecule has 15 heavy (non-hydrogen) atoms. The van der Waals surface area contributed by atoms with Crippen LogP contribution in [0.1, 0.15) is 47.5 Å². The molecule has 0 saturated heterocycles. The number of nitrogens with one attached hydrogen (secondary N) is 1. The summed E-state index contributed by atoms with van der Waals surface area (Å²) in [5.41, 5.74) is 4.82. The minimum atomic E-state index is -0.550. The number of hydrogen-bond acceptors (Lipinski definition) is 2. The summed E-state index contributed by atoms with van der Waals surface area (Å²) >= 11 is 0. The fraction of sp³-hybridized carbons (Fsp3) is 0.917. The summed E-state index contributed by atoms with van der Waals surface area (Å²) in [5, 5.41) is 3.28. The van der Waals surface area contributed by atoms with Gasteiger partial charge in [0.25, 0.3) is 0 Å². The van der Waals surface area contributed by atoms with Crippen LogP contribution in [0.3, 0.4) is 0 Å². The Morgan fingerprint density at radius 2 is 1.93 bits per heavy atom. The number of amides is 1. The molecule has 0 aliphatic carbocycles. The van der Waals surface area contributed by atoms with Crippen molar-refractivity contribution in [2.24, 2.45) is 17.6 Å². The van der Waals surface area contributed by atoms with Crippen LogP contribution in [0.25, 0.3) is 0 Å². The van der Waals surface area contributed by atoms with Gasteiger partial charge in [0.1, 0.15) is 0 Å². The second-order valence-electron chi connectivity index (χ2n) is 5.17. The van der Waals surface area contributed by atoms with E-state index in [1.165, 1.54) is 6.42 Å². The van der Waals surface area contributed by atoms with Gasteiger partial charge in [0.15, 0.2) is 0 Å². The highest BCUT2D eigenvalue weighted by molar-refractivity contribution is 5.84. The van der Waals surface area contributed by atoms with E-state index in [1.807, 2.05) is 13.8 Å². The molecule has 0 rings (SSSR count). The van der Waals surface area contributed by atoms with E-state index in [2.05, 4.69) is 26.1 Å². The second kappa shape index (κ2) is 6.11. The Balaban J connectivity index is 4.06. The largest absolute Gasteiger partial charge is 0.368 e. The topological polar surface area (TPSA) is 55.1 Å². The SMILES string of the molecule is CC[C@@](C)(NC[C@H](C)CC(C)C)C(N)=O. The van der Waals surface area contributed by atoms with E-state index in [4.69, 9.17) is 5.73 Å². The predicted molar refractivity (Wildman–Crippen MR) is 64.5 cm³/mol. The van der Waals surface area contributed by atoms with Gasteiger partial charge in [-0.15, -0.1) is 0 Å². The summed E-state index contributed by atoms with van der Waals surface area (Å²) in [5.74, 6) is 1.01. The molecule has 0 heterocycles. The number of primary amides is 1. The average Bonchev–Trinajstić information content (AvgIpc) is 2.12. The predicted octanol–water partition coefficient (Wildman–Crippen LogP) is 1.91. The molecule has 0 fully saturated rings. The molecule has 3 nitrogen and oxygen atoms in total. The van der Waals surface area contributed by atoms with Gasteiger partial charge in [-0.2, -0.15) is 0 Å². The van der Waals surface area contributed by atoms with E-state index >= 15 is 0 Å². The molecule has 0 unspecified atom stereocenters. The Bertz CT molecular complexity index is 204. The summed E-state index contributed by atoms with van der Waals surface area (Å²) in [7, 11) is 0. The molecule has 0 aromatic carbocycles. The first-order valence-corrected chi connectivity index (χ1v) is 5.86. The van der Waals surface area contributed by atoms with Crippen LogP contribution in [-0.2, 0) is 4.79 Å². The standard InChI is InChI=1S/C12H26N2O/c1-6-12(5,11(13)15)14-8-10(4)7-9(2)3/h9-10,14H,6-8H2,1-5H3,(H2,13,15)/t10-,12-/m1/s1. The first-order valence-electron chi connectivity index (χ1n) is 5.86. The molecular weight excluding hydrogens is 188 g/mol. The molecule has 3 N–H and O–H groups in total. The summed E-state index contributed by atoms with van der Waals surface area (Å²) in [6.07, 6.45) is 1.91. The van der Waals surface area contributed by atoms with Crippen molar-refractivity contribution in [1.29, 1.82) is 0 Å². The van der Waals surface area contributed by atoms with Crippen LogP contribution < -0.4 is 11.1 Å². The second-order valence-corrected chi connectivity index (χ2v) is 5.17. The first-order chi connectivity index (χ1) is 6.81. The molecular formula is C12H26N2O. The lowest BCUT2D eigenvalue weighted by atomic mass is 9.94. The fourth-order valence-electron chi connectivity index (χ4n) is 1.67. The molecule has 0 aromatic heterocycles. The van der Waals surface area contributed by atoms with Crippen LogP contribution in [-0.4, -0.2) is 18.0 Å². The Morgan fingerprint density at radius 3 is 2.27 bits per heavy atom. The Labute approximate surface area is 93.8 Å². The Morgan fingerprint density at radius 1 is 1.40 bits per heavy atom. The monoisotopic (exact) mass is 214 g/mol. The number of nitrogens with two attached hydrogens (primary N) is 1. The minimum Gasteiger partial charge on any atom is -0.368 e. The van der Waals surface area contributed by atoms with Crippen molar-refractivity contribution in [1.82, 2.24) is 5.32 Å². The number of carbonyl (C=O) groups excluding carboxylic acids is 1. The molecule has 0 spiro atoms. The zero-order chi connectivity index (χ0) is 12.1. The van der Waals surface area contributed by atoms with E-state index in [0.29, 0.717) is 11.8 Å². The third-order valence-electron chi connectivity index (χ3n) is 2.97. The Kier molecular flexibility index (Phi) is 5.88. The summed E-state index contributed by atoms with van der Waals surface area (Å²) in [4.78, 5) is 11.2. The van der Waals surface area contributed by atoms with Crippen LogP contribution in [0.5, 0.6) is 0 Å². The quantitative estimate of drug-likeness (QED) is 0.680. The first kappa shape index (κ1) is 14.4. The number of rotatable bonds is 7. The molecule has 0 bridgehead atoms. The van der Waals surface area contributed by atoms with E-state index in [1.54, 1.807) is 0 Å². The van der Waals surface area contributed by atoms with Gasteiger partial charge < -0.3 is 11.1 Å². The summed E-state index contributed by atoms with van der Waals surface area (Å²) in [6.45, 7) is 11.3. The van der Waals surface area contributed by atoms with Crippen LogP contribution in [0.15, 0.2) is 0 Å². The molecule has 0 aliphatic rings. The highest BCUT2D eigenvalue weighted by atomic mass is 16.1. The van der Waals surface area contributed by atoms with Gasteiger partial charge in [-0.1, -0.05) is 27.7 Å². The van der Waals surface area contributed by atoms with Crippen LogP contribution in [0, 0.1) is 11.8 Å². The highest BCUT2D eigenvalue weighted by Gasteiger charge is 2.28. The molecule has 3 heteroatoms. The minimum absolute atomic E-state index is 0.262. The number of carbonyl (C=O) groups is 1.